The molecule has 5 rings (SSSR count). The quantitative estimate of drug-likeness (QED) is 0.282. The second-order valence-electron chi connectivity index (χ2n) is 9.57. The van der Waals surface area contributed by atoms with E-state index in [1.807, 2.05) is 0 Å². The Bertz CT molecular complexity index is 1190. The van der Waals surface area contributed by atoms with Crippen molar-refractivity contribution in [2.75, 3.05) is 17.7 Å². The van der Waals surface area contributed by atoms with E-state index >= 15 is 0 Å². The second kappa shape index (κ2) is 9.41. The van der Waals surface area contributed by atoms with E-state index in [0.717, 1.165) is 18.6 Å². The highest BCUT2D eigenvalue weighted by Gasteiger charge is 2.44. The lowest BCUT2D eigenvalue weighted by atomic mass is 10.0. The molecule has 1 aromatic carbocycles. The molecule has 10 heteroatoms. The molecule has 34 heavy (non-hydrogen) atoms. The molecule has 0 saturated heterocycles. The van der Waals surface area contributed by atoms with Crippen molar-refractivity contribution in [3.63, 3.8) is 0 Å². The van der Waals surface area contributed by atoms with E-state index in [4.69, 9.17) is 9.97 Å². The van der Waals surface area contributed by atoms with Crippen LogP contribution < -0.4 is 5.32 Å². The van der Waals surface area contributed by atoms with Gasteiger partial charge in [0.2, 0.25) is 0 Å². The number of nitrogens with one attached hydrogen (secondary N) is 1. The Morgan fingerprint density at radius 3 is 2.65 bits per heavy atom. The Hall–Kier alpha value is -2.27. The number of nitrogens with zero attached hydrogens (tertiary/aromatic N) is 5. The Labute approximate surface area is 203 Å². The van der Waals surface area contributed by atoms with E-state index in [2.05, 4.69) is 54.6 Å². The van der Waals surface area contributed by atoms with Gasteiger partial charge in [-0.05, 0) is 49.8 Å². The SMILES string of the molecule is CCCSc1nc(NC2CC2c2ccc(C)c(C)c2)c2nnn([C@@H]3C[C@H](CO)[C@@H](O)[C@H]3O)c2n1. The zero-order valence-corrected chi connectivity index (χ0v) is 20.5. The summed E-state index contributed by atoms with van der Waals surface area (Å²) in [5, 5.41) is 43.4. The van der Waals surface area contributed by atoms with Gasteiger partial charge in [0.1, 0.15) is 6.10 Å². The van der Waals surface area contributed by atoms with Crippen molar-refractivity contribution in [2.24, 2.45) is 5.92 Å². The first-order chi connectivity index (χ1) is 16.4. The Kier molecular flexibility index (Phi) is 6.49. The van der Waals surface area contributed by atoms with Crippen LogP contribution in [0.2, 0.25) is 0 Å². The molecule has 182 valence electrons. The molecule has 4 N–H and O–H groups in total. The number of thioether (sulfide) groups is 1. The van der Waals surface area contributed by atoms with E-state index in [-0.39, 0.29) is 12.6 Å². The van der Waals surface area contributed by atoms with Gasteiger partial charge in [0.15, 0.2) is 22.1 Å². The van der Waals surface area contributed by atoms with Gasteiger partial charge < -0.3 is 20.6 Å². The number of benzene rings is 1. The number of fused-ring (bicyclic) bond motifs is 1. The van der Waals surface area contributed by atoms with Crippen LogP contribution in [0, 0.1) is 19.8 Å². The number of anilines is 1. The first kappa shape index (κ1) is 23.5. The van der Waals surface area contributed by atoms with E-state index < -0.39 is 24.2 Å². The third kappa shape index (κ3) is 4.28. The summed E-state index contributed by atoms with van der Waals surface area (Å²) < 4.78 is 1.59. The predicted molar refractivity (Wildman–Crippen MR) is 131 cm³/mol. The normalized spacial score (nSPS) is 28.5. The molecular formula is C24H32N6O3S. The summed E-state index contributed by atoms with van der Waals surface area (Å²) >= 11 is 1.58. The fourth-order valence-electron chi connectivity index (χ4n) is 4.81. The number of aryl methyl sites for hydroxylation is 2. The van der Waals surface area contributed by atoms with Crippen molar-refractivity contribution in [3.8, 4) is 0 Å². The van der Waals surface area contributed by atoms with E-state index in [1.165, 1.54) is 16.7 Å². The monoisotopic (exact) mass is 484 g/mol. The van der Waals surface area contributed by atoms with Gasteiger partial charge >= 0.3 is 0 Å². The number of aliphatic hydroxyl groups is 3. The van der Waals surface area contributed by atoms with Gasteiger partial charge in [-0.3, -0.25) is 0 Å². The summed E-state index contributed by atoms with van der Waals surface area (Å²) in [6.45, 7) is 6.19. The van der Waals surface area contributed by atoms with Crippen molar-refractivity contribution >= 4 is 28.7 Å². The lowest BCUT2D eigenvalue weighted by Gasteiger charge is -2.17. The van der Waals surface area contributed by atoms with Crippen LogP contribution in [0.4, 0.5) is 5.82 Å². The van der Waals surface area contributed by atoms with Crippen molar-refractivity contribution in [1.82, 2.24) is 25.0 Å². The van der Waals surface area contributed by atoms with Crippen LogP contribution in [0.25, 0.3) is 11.2 Å². The van der Waals surface area contributed by atoms with Gasteiger partial charge in [-0.2, -0.15) is 0 Å². The van der Waals surface area contributed by atoms with Crippen LogP contribution in [0.5, 0.6) is 0 Å². The smallest absolute Gasteiger partial charge is 0.191 e. The van der Waals surface area contributed by atoms with Crippen molar-refractivity contribution in [2.45, 2.75) is 75.4 Å². The Balaban J connectivity index is 1.45. The molecule has 0 amide bonds. The summed E-state index contributed by atoms with van der Waals surface area (Å²) in [7, 11) is 0. The molecule has 2 saturated carbocycles. The van der Waals surface area contributed by atoms with Crippen LogP contribution >= 0.6 is 11.8 Å². The second-order valence-corrected chi connectivity index (χ2v) is 10.6. The number of aliphatic hydroxyl groups excluding tert-OH is 3. The number of aromatic nitrogens is 5. The van der Waals surface area contributed by atoms with Gasteiger partial charge in [0.05, 0.1) is 12.1 Å². The largest absolute Gasteiger partial charge is 0.396 e. The molecule has 0 aliphatic heterocycles. The molecule has 6 atom stereocenters. The lowest BCUT2D eigenvalue weighted by molar-refractivity contribution is -0.00512. The molecule has 2 heterocycles. The zero-order chi connectivity index (χ0) is 24.0. The third-order valence-electron chi connectivity index (χ3n) is 7.13. The highest BCUT2D eigenvalue weighted by Crippen LogP contribution is 2.44. The van der Waals surface area contributed by atoms with Crippen LogP contribution in [0.1, 0.15) is 54.8 Å². The molecule has 9 nitrogen and oxygen atoms in total. The maximum absolute atomic E-state index is 10.6. The first-order valence-electron chi connectivity index (χ1n) is 12.0. The van der Waals surface area contributed by atoms with Crippen molar-refractivity contribution in [3.05, 3.63) is 34.9 Å². The van der Waals surface area contributed by atoms with Crippen LogP contribution in [-0.2, 0) is 0 Å². The Morgan fingerprint density at radius 2 is 1.94 bits per heavy atom. The Morgan fingerprint density at radius 1 is 1.12 bits per heavy atom. The first-order valence-corrected chi connectivity index (χ1v) is 13.0. The highest BCUT2D eigenvalue weighted by atomic mass is 32.2. The fourth-order valence-corrected chi connectivity index (χ4v) is 5.50. The van der Waals surface area contributed by atoms with Crippen molar-refractivity contribution in [1.29, 1.82) is 0 Å². The van der Waals surface area contributed by atoms with Gasteiger partial charge in [-0.25, -0.2) is 14.6 Å². The predicted octanol–water partition coefficient (Wildman–Crippen LogP) is 2.58. The average Bonchev–Trinajstić information content (AvgIpc) is 3.37. The van der Waals surface area contributed by atoms with Gasteiger partial charge in [-0.15, -0.1) is 5.10 Å². The van der Waals surface area contributed by atoms with E-state index in [0.29, 0.717) is 34.5 Å². The maximum atomic E-state index is 10.6. The molecule has 2 aromatic heterocycles. The average molecular weight is 485 g/mol. The van der Waals surface area contributed by atoms with Gasteiger partial charge in [-0.1, -0.05) is 42.1 Å². The van der Waals surface area contributed by atoms with Gasteiger partial charge in [0, 0.05) is 30.2 Å². The van der Waals surface area contributed by atoms with Gasteiger partial charge in [0.25, 0.3) is 0 Å². The number of rotatable bonds is 8. The van der Waals surface area contributed by atoms with Crippen LogP contribution in [0.3, 0.4) is 0 Å². The minimum atomic E-state index is -1.04. The minimum absolute atomic E-state index is 0.192. The number of hydrogen-bond donors (Lipinski definition) is 4. The zero-order valence-electron chi connectivity index (χ0n) is 19.7. The molecular weight excluding hydrogens is 452 g/mol. The molecule has 0 radical (unpaired) electrons. The summed E-state index contributed by atoms with van der Waals surface area (Å²) in [6, 6.07) is 6.39. The van der Waals surface area contributed by atoms with E-state index in [9.17, 15) is 15.3 Å². The molecule has 2 aliphatic carbocycles. The molecule has 3 aromatic rings. The lowest BCUT2D eigenvalue weighted by Crippen LogP contribution is -2.30. The minimum Gasteiger partial charge on any atom is -0.396 e. The molecule has 2 fully saturated rings. The highest BCUT2D eigenvalue weighted by molar-refractivity contribution is 7.99. The van der Waals surface area contributed by atoms with Crippen LogP contribution in [0.15, 0.2) is 23.4 Å². The number of hydrogen-bond acceptors (Lipinski definition) is 9. The maximum Gasteiger partial charge on any atom is 0.191 e. The summed E-state index contributed by atoms with van der Waals surface area (Å²) in [4.78, 5) is 9.47. The summed E-state index contributed by atoms with van der Waals surface area (Å²) in [5.41, 5.74) is 5.01. The summed E-state index contributed by atoms with van der Waals surface area (Å²) in [6.07, 6.45) is 0.366. The summed E-state index contributed by atoms with van der Waals surface area (Å²) in [5.74, 6) is 1.55. The molecule has 2 unspecified atom stereocenters. The molecule has 2 aliphatic rings. The topological polar surface area (TPSA) is 129 Å². The molecule has 0 spiro atoms. The molecule has 0 bridgehead atoms. The van der Waals surface area contributed by atoms with Crippen LogP contribution in [-0.4, -0.2) is 70.9 Å². The van der Waals surface area contributed by atoms with E-state index in [1.54, 1.807) is 16.4 Å². The standard InChI is InChI=1S/C24H32N6O3S/c1-4-7-34-24-26-22(25-17-10-16(17)14-6-5-12(2)13(3)8-14)19-23(27-24)30(29-28-19)18-9-15(11-31)20(32)21(18)33/h5-6,8,15-18,20-21,31-33H,4,7,9-11H2,1-3H3,(H,25,26,27)/t15-,16?,17?,18-,20-,21+/m1/s1. The van der Waals surface area contributed by atoms with Crippen molar-refractivity contribution < 1.29 is 15.3 Å². The third-order valence-corrected chi connectivity index (χ3v) is 8.18. The fraction of sp³-hybridized carbons (Fsp3) is 0.583.